The predicted molar refractivity (Wildman–Crippen MR) is 73.0 cm³/mol. The summed E-state index contributed by atoms with van der Waals surface area (Å²) in [4.78, 5) is 9.23. The quantitative estimate of drug-likeness (QED) is 0.933. The van der Waals surface area contributed by atoms with Gasteiger partial charge in [-0.3, -0.25) is 9.82 Å². The molecule has 0 saturated heterocycles. The topological polar surface area (TPSA) is 52.6 Å². The summed E-state index contributed by atoms with van der Waals surface area (Å²) in [5.74, 6) is 0.617. The summed E-state index contributed by atoms with van der Waals surface area (Å²) in [6.45, 7) is 0. The van der Waals surface area contributed by atoms with Crippen molar-refractivity contribution >= 4 is 0 Å². The molecule has 0 spiro atoms. The van der Waals surface area contributed by atoms with E-state index in [1.807, 2.05) is 0 Å². The molecular formula is C15H11F3N2O3. The van der Waals surface area contributed by atoms with Gasteiger partial charge in [-0.05, 0) is 29.8 Å². The van der Waals surface area contributed by atoms with Crippen LogP contribution < -0.4 is 15.0 Å². The van der Waals surface area contributed by atoms with Crippen molar-refractivity contribution in [2.45, 2.75) is 12.5 Å². The molecule has 1 atom stereocenters. The Labute approximate surface area is 129 Å². The van der Waals surface area contributed by atoms with Crippen molar-refractivity contribution in [1.82, 2.24) is 10.5 Å². The fourth-order valence-corrected chi connectivity index (χ4v) is 1.94. The molecule has 0 unspecified atom stereocenters. The molecule has 0 saturated carbocycles. The minimum Gasteiger partial charge on any atom is -0.438 e. The highest BCUT2D eigenvalue weighted by atomic mass is 19.4. The Balaban J connectivity index is 1.66. The molecule has 0 aliphatic carbocycles. The zero-order chi connectivity index (χ0) is 16.3. The van der Waals surface area contributed by atoms with Gasteiger partial charge < -0.3 is 9.47 Å². The minimum absolute atomic E-state index is 0.289. The van der Waals surface area contributed by atoms with Crippen LogP contribution in [0.15, 0.2) is 60.8 Å². The number of alkyl halides is 3. The Morgan fingerprint density at radius 1 is 1.09 bits per heavy atom. The third-order valence-corrected chi connectivity index (χ3v) is 2.89. The van der Waals surface area contributed by atoms with Crippen molar-refractivity contribution in [3.05, 3.63) is 66.3 Å². The lowest BCUT2D eigenvalue weighted by Gasteiger charge is -2.11. The fraction of sp³-hybridized carbons (Fsp3) is 0.133. The first-order chi connectivity index (χ1) is 11.0. The Hall–Kier alpha value is -2.74. The number of benzene rings is 1. The molecule has 1 aliphatic rings. The molecule has 8 heteroatoms. The molecule has 23 heavy (non-hydrogen) atoms. The number of hydrogen-bond donors (Lipinski definition) is 1. The van der Waals surface area contributed by atoms with Crippen molar-refractivity contribution in [3.63, 3.8) is 0 Å². The van der Waals surface area contributed by atoms with Gasteiger partial charge in [0.2, 0.25) is 5.88 Å². The summed E-state index contributed by atoms with van der Waals surface area (Å²) in [5, 5.41) is 0. The number of nitrogens with zero attached hydrogens (tertiary/aromatic N) is 1. The van der Waals surface area contributed by atoms with Gasteiger partial charge in [-0.25, -0.2) is 5.48 Å². The third-order valence-electron chi connectivity index (χ3n) is 2.89. The first-order valence-corrected chi connectivity index (χ1v) is 6.57. The number of ether oxygens (including phenoxy) is 2. The van der Waals surface area contributed by atoms with Gasteiger partial charge in [0, 0.05) is 12.3 Å². The average Bonchev–Trinajstić information content (AvgIpc) is 2.96. The van der Waals surface area contributed by atoms with Crippen LogP contribution >= 0.6 is 0 Å². The van der Waals surface area contributed by atoms with Crippen molar-refractivity contribution in [3.8, 4) is 11.5 Å². The van der Waals surface area contributed by atoms with Crippen LogP contribution in [0.3, 0.4) is 0 Å². The Morgan fingerprint density at radius 2 is 1.87 bits per heavy atom. The Morgan fingerprint density at radius 3 is 2.52 bits per heavy atom. The summed E-state index contributed by atoms with van der Waals surface area (Å²) < 4.78 is 45.7. The number of aromatic nitrogens is 1. The largest absolute Gasteiger partial charge is 0.573 e. The summed E-state index contributed by atoms with van der Waals surface area (Å²) in [7, 11) is 0. The summed E-state index contributed by atoms with van der Waals surface area (Å²) in [6, 6.07) is 8.86. The second kappa shape index (κ2) is 6.17. The van der Waals surface area contributed by atoms with Crippen LogP contribution in [0.2, 0.25) is 0 Å². The molecule has 2 aromatic rings. The average molecular weight is 324 g/mol. The van der Waals surface area contributed by atoms with Crippen molar-refractivity contribution in [1.29, 1.82) is 0 Å². The highest BCUT2D eigenvalue weighted by Crippen LogP contribution is 2.28. The molecule has 5 nitrogen and oxygen atoms in total. The van der Waals surface area contributed by atoms with Gasteiger partial charge in [0.1, 0.15) is 17.6 Å². The van der Waals surface area contributed by atoms with E-state index in [1.165, 1.54) is 24.3 Å². The van der Waals surface area contributed by atoms with E-state index in [1.54, 1.807) is 30.6 Å². The van der Waals surface area contributed by atoms with E-state index in [-0.39, 0.29) is 5.75 Å². The Bertz CT molecular complexity index is 687. The molecule has 3 rings (SSSR count). The van der Waals surface area contributed by atoms with E-state index in [0.717, 1.165) is 0 Å². The van der Waals surface area contributed by atoms with E-state index in [4.69, 9.17) is 9.57 Å². The first kappa shape index (κ1) is 15.2. The molecular weight excluding hydrogens is 313 g/mol. The molecule has 0 radical (unpaired) electrons. The molecule has 0 bridgehead atoms. The van der Waals surface area contributed by atoms with Gasteiger partial charge in [0.25, 0.3) is 0 Å². The van der Waals surface area contributed by atoms with Gasteiger partial charge in [0.15, 0.2) is 0 Å². The summed E-state index contributed by atoms with van der Waals surface area (Å²) in [5.41, 5.74) is 3.26. The third kappa shape index (κ3) is 4.13. The maximum absolute atomic E-state index is 12.1. The lowest BCUT2D eigenvalue weighted by molar-refractivity contribution is -0.274. The number of halogens is 3. The predicted octanol–water partition coefficient (Wildman–Crippen LogP) is 3.48. The molecule has 1 aromatic carbocycles. The normalized spacial score (nSPS) is 17.3. The van der Waals surface area contributed by atoms with E-state index >= 15 is 0 Å². The van der Waals surface area contributed by atoms with Gasteiger partial charge in [0.05, 0.1) is 6.20 Å². The van der Waals surface area contributed by atoms with Crippen molar-refractivity contribution < 1.29 is 27.5 Å². The lowest BCUT2D eigenvalue weighted by Crippen LogP contribution is -2.17. The van der Waals surface area contributed by atoms with Crippen molar-refractivity contribution in [2.24, 2.45) is 0 Å². The van der Waals surface area contributed by atoms with Crippen LogP contribution in [0, 0.1) is 0 Å². The molecule has 0 fully saturated rings. The molecule has 0 amide bonds. The van der Waals surface area contributed by atoms with Crippen LogP contribution in [0.4, 0.5) is 13.2 Å². The summed E-state index contributed by atoms with van der Waals surface area (Å²) in [6.07, 6.45) is -0.377. The lowest BCUT2D eigenvalue weighted by atomic mass is 10.1. The van der Waals surface area contributed by atoms with E-state index < -0.39 is 12.5 Å². The molecule has 1 aromatic heterocycles. The maximum atomic E-state index is 12.1. The fourth-order valence-electron chi connectivity index (χ4n) is 1.94. The van der Waals surface area contributed by atoms with E-state index in [9.17, 15) is 13.2 Å². The van der Waals surface area contributed by atoms with Crippen LogP contribution in [-0.2, 0) is 4.84 Å². The summed E-state index contributed by atoms with van der Waals surface area (Å²) >= 11 is 0. The van der Waals surface area contributed by atoms with Crippen LogP contribution in [0.5, 0.6) is 11.5 Å². The monoisotopic (exact) mass is 324 g/mol. The van der Waals surface area contributed by atoms with Crippen LogP contribution in [-0.4, -0.2) is 11.3 Å². The SMILES string of the molecule is FC(F)(F)Oc1ccc([C@H]2C=C(Oc3cccnc3)NO2)cc1. The van der Waals surface area contributed by atoms with Gasteiger partial charge in [-0.15, -0.1) is 13.2 Å². The Kier molecular flexibility index (Phi) is 4.07. The zero-order valence-electron chi connectivity index (χ0n) is 11.6. The molecule has 2 heterocycles. The number of rotatable bonds is 4. The highest BCUT2D eigenvalue weighted by Gasteiger charge is 2.31. The van der Waals surface area contributed by atoms with Gasteiger partial charge in [-0.2, -0.15) is 0 Å². The smallest absolute Gasteiger partial charge is 0.438 e. The van der Waals surface area contributed by atoms with Gasteiger partial charge in [-0.1, -0.05) is 12.1 Å². The second-order valence-corrected chi connectivity index (χ2v) is 4.58. The van der Waals surface area contributed by atoms with Crippen LogP contribution in [0.25, 0.3) is 0 Å². The molecule has 120 valence electrons. The standard InChI is InChI=1S/C15H11F3N2O3/c16-15(17,18)22-11-5-3-10(4-6-11)13-8-14(20-23-13)21-12-2-1-7-19-9-12/h1-9,13,20H/t13-/m1/s1. The maximum Gasteiger partial charge on any atom is 0.573 e. The molecule has 1 aliphatic heterocycles. The van der Waals surface area contributed by atoms with Crippen LogP contribution in [0.1, 0.15) is 11.7 Å². The van der Waals surface area contributed by atoms with Crippen molar-refractivity contribution in [2.75, 3.05) is 0 Å². The number of hydrogen-bond acceptors (Lipinski definition) is 5. The molecule has 1 N–H and O–H groups in total. The van der Waals surface area contributed by atoms with E-state index in [0.29, 0.717) is 17.2 Å². The van der Waals surface area contributed by atoms with Gasteiger partial charge >= 0.3 is 6.36 Å². The number of pyridine rings is 1. The zero-order valence-corrected chi connectivity index (χ0v) is 11.6. The number of hydroxylamine groups is 1. The number of nitrogens with one attached hydrogen (secondary N) is 1. The van der Waals surface area contributed by atoms with E-state index in [2.05, 4.69) is 15.2 Å². The second-order valence-electron chi connectivity index (χ2n) is 4.58. The minimum atomic E-state index is -4.71. The highest BCUT2D eigenvalue weighted by molar-refractivity contribution is 5.31. The first-order valence-electron chi connectivity index (χ1n) is 6.57.